The number of carbonyl (C=O) groups excluding carboxylic acids is 2. The number of benzene rings is 1. The number of hydrogen-bond donors (Lipinski definition) is 0. The van der Waals surface area contributed by atoms with Crippen LogP contribution < -0.4 is 4.74 Å². The van der Waals surface area contributed by atoms with E-state index in [1.165, 1.54) is 19.1 Å². The van der Waals surface area contributed by atoms with Crippen molar-refractivity contribution in [2.45, 2.75) is 6.92 Å². The molecule has 18 heavy (non-hydrogen) atoms. The first-order chi connectivity index (χ1) is 8.62. The lowest BCUT2D eigenvalue weighted by Crippen LogP contribution is -2.36. The molecule has 0 aromatic heterocycles. The fourth-order valence-electron chi connectivity index (χ4n) is 1.49. The van der Waals surface area contributed by atoms with Gasteiger partial charge >= 0.3 is 5.97 Å². The normalized spacial score (nSPS) is 9.72. The number of esters is 1. The maximum atomic E-state index is 12.2. The zero-order valence-electron chi connectivity index (χ0n) is 10.8. The molecule has 98 valence electrons. The van der Waals surface area contributed by atoms with Crippen LogP contribution in [0.4, 0.5) is 0 Å². The van der Waals surface area contributed by atoms with Gasteiger partial charge in [-0.25, -0.2) is 0 Å². The predicted octanol–water partition coefficient (Wildman–Crippen LogP) is 1.33. The largest absolute Gasteiger partial charge is 0.497 e. The van der Waals surface area contributed by atoms with Crippen LogP contribution in [0.5, 0.6) is 5.75 Å². The first kappa shape index (κ1) is 14.0. The fourth-order valence-corrected chi connectivity index (χ4v) is 1.49. The Morgan fingerprint density at radius 3 is 2.56 bits per heavy atom. The standard InChI is InChI=1S/C13H17NO4/c1-4-14(9-12(15)18-3)13(16)10-6-5-7-11(8-10)17-2/h5-8H,4,9H2,1-3H3. The first-order valence-corrected chi connectivity index (χ1v) is 5.62. The number of rotatable bonds is 5. The van der Waals surface area contributed by atoms with Crippen LogP contribution in [0.3, 0.4) is 0 Å². The van der Waals surface area contributed by atoms with Crippen molar-refractivity contribution < 1.29 is 19.1 Å². The smallest absolute Gasteiger partial charge is 0.325 e. The maximum Gasteiger partial charge on any atom is 0.325 e. The minimum absolute atomic E-state index is 0.0525. The molecule has 0 aliphatic carbocycles. The van der Waals surface area contributed by atoms with Crippen molar-refractivity contribution in [3.05, 3.63) is 29.8 Å². The summed E-state index contributed by atoms with van der Waals surface area (Å²) in [7, 11) is 2.84. The van der Waals surface area contributed by atoms with Crippen molar-refractivity contribution >= 4 is 11.9 Å². The van der Waals surface area contributed by atoms with Crippen molar-refractivity contribution in [1.82, 2.24) is 4.90 Å². The Kier molecular flexibility index (Phi) is 5.17. The van der Waals surface area contributed by atoms with Crippen molar-refractivity contribution in [1.29, 1.82) is 0 Å². The van der Waals surface area contributed by atoms with Crippen molar-refractivity contribution in [3.8, 4) is 5.75 Å². The first-order valence-electron chi connectivity index (χ1n) is 5.62. The Morgan fingerprint density at radius 2 is 2.00 bits per heavy atom. The maximum absolute atomic E-state index is 12.2. The molecule has 1 amide bonds. The van der Waals surface area contributed by atoms with E-state index in [-0.39, 0.29) is 12.5 Å². The van der Waals surface area contributed by atoms with Crippen molar-refractivity contribution in [2.75, 3.05) is 27.3 Å². The highest BCUT2D eigenvalue weighted by Crippen LogP contribution is 2.14. The summed E-state index contributed by atoms with van der Waals surface area (Å²) in [5.74, 6) is -0.0510. The summed E-state index contributed by atoms with van der Waals surface area (Å²) in [5.41, 5.74) is 0.486. The van der Waals surface area contributed by atoms with Crippen LogP contribution in [0, 0.1) is 0 Å². The molecule has 0 spiro atoms. The minimum atomic E-state index is -0.437. The van der Waals surface area contributed by atoms with Gasteiger partial charge in [0.1, 0.15) is 12.3 Å². The van der Waals surface area contributed by atoms with Gasteiger partial charge in [-0.2, -0.15) is 0 Å². The number of likely N-dealkylation sites (N-methyl/N-ethyl adjacent to an activating group) is 1. The number of amides is 1. The van der Waals surface area contributed by atoms with Gasteiger partial charge in [0.05, 0.1) is 14.2 Å². The molecule has 1 aromatic rings. The topological polar surface area (TPSA) is 55.8 Å². The second-order valence-electron chi connectivity index (χ2n) is 3.63. The summed E-state index contributed by atoms with van der Waals surface area (Å²) in [6.45, 7) is 2.19. The second-order valence-corrected chi connectivity index (χ2v) is 3.63. The fraction of sp³-hybridized carbons (Fsp3) is 0.385. The van der Waals surface area contributed by atoms with Crippen molar-refractivity contribution in [2.24, 2.45) is 0 Å². The van der Waals surface area contributed by atoms with Gasteiger partial charge < -0.3 is 14.4 Å². The number of carbonyl (C=O) groups is 2. The van der Waals surface area contributed by atoms with Gasteiger partial charge in [-0.3, -0.25) is 9.59 Å². The zero-order chi connectivity index (χ0) is 13.5. The SMILES string of the molecule is CCN(CC(=O)OC)C(=O)c1cccc(OC)c1. The Hall–Kier alpha value is -2.04. The molecule has 0 aliphatic rings. The molecule has 0 radical (unpaired) electrons. The minimum Gasteiger partial charge on any atom is -0.497 e. The van der Waals surface area contributed by atoms with Gasteiger partial charge in [-0.15, -0.1) is 0 Å². The molecule has 0 saturated heterocycles. The van der Waals surface area contributed by atoms with E-state index in [4.69, 9.17) is 4.74 Å². The van der Waals surface area contributed by atoms with Crippen LogP contribution >= 0.6 is 0 Å². The Morgan fingerprint density at radius 1 is 1.28 bits per heavy atom. The molecule has 0 unspecified atom stereocenters. The number of methoxy groups -OCH3 is 2. The molecular weight excluding hydrogens is 234 g/mol. The molecule has 1 rings (SSSR count). The van der Waals surface area contributed by atoms with E-state index >= 15 is 0 Å². The van der Waals surface area contributed by atoms with Crippen molar-refractivity contribution in [3.63, 3.8) is 0 Å². The van der Waals surface area contributed by atoms with E-state index in [0.29, 0.717) is 17.9 Å². The molecule has 5 heteroatoms. The van der Waals surface area contributed by atoms with Gasteiger partial charge in [0.2, 0.25) is 0 Å². The second kappa shape index (κ2) is 6.64. The van der Waals surface area contributed by atoms with Gasteiger partial charge in [0.25, 0.3) is 5.91 Å². The Bertz CT molecular complexity index is 431. The molecule has 0 bridgehead atoms. The third kappa shape index (κ3) is 3.48. The summed E-state index contributed by atoms with van der Waals surface area (Å²) in [5, 5.41) is 0. The number of hydrogen-bond acceptors (Lipinski definition) is 4. The molecule has 0 aliphatic heterocycles. The highest BCUT2D eigenvalue weighted by Gasteiger charge is 2.17. The molecule has 0 atom stereocenters. The van der Waals surface area contributed by atoms with Gasteiger partial charge in [0, 0.05) is 12.1 Å². The lowest BCUT2D eigenvalue weighted by Gasteiger charge is -2.19. The van der Waals surface area contributed by atoms with E-state index in [2.05, 4.69) is 4.74 Å². The van der Waals surface area contributed by atoms with Gasteiger partial charge in [-0.05, 0) is 25.1 Å². The van der Waals surface area contributed by atoms with Crippen LogP contribution in [0.25, 0.3) is 0 Å². The molecule has 0 heterocycles. The summed E-state index contributed by atoms with van der Waals surface area (Å²) in [6.07, 6.45) is 0. The Balaban J connectivity index is 2.85. The Labute approximate surface area is 106 Å². The highest BCUT2D eigenvalue weighted by atomic mass is 16.5. The zero-order valence-corrected chi connectivity index (χ0v) is 10.8. The third-order valence-electron chi connectivity index (χ3n) is 2.53. The van der Waals surface area contributed by atoms with Crippen LogP contribution in [-0.4, -0.2) is 44.1 Å². The molecular formula is C13H17NO4. The summed E-state index contributed by atoms with van der Waals surface area (Å²) in [4.78, 5) is 24.8. The summed E-state index contributed by atoms with van der Waals surface area (Å²) >= 11 is 0. The lowest BCUT2D eigenvalue weighted by atomic mass is 10.2. The molecule has 5 nitrogen and oxygen atoms in total. The predicted molar refractivity (Wildman–Crippen MR) is 66.6 cm³/mol. The number of ether oxygens (including phenoxy) is 2. The van der Waals surface area contributed by atoms with E-state index in [1.54, 1.807) is 31.2 Å². The summed E-state index contributed by atoms with van der Waals surface area (Å²) < 4.78 is 9.61. The van der Waals surface area contributed by atoms with E-state index in [1.807, 2.05) is 0 Å². The van der Waals surface area contributed by atoms with E-state index in [0.717, 1.165) is 0 Å². The molecule has 0 fully saturated rings. The third-order valence-corrected chi connectivity index (χ3v) is 2.53. The lowest BCUT2D eigenvalue weighted by molar-refractivity contribution is -0.141. The van der Waals surface area contributed by atoms with E-state index in [9.17, 15) is 9.59 Å². The average molecular weight is 251 g/mol. The van der Waals surface area contributed by atoms with Gasteiger partial charge in [-0.1, -0.05) is 6.07 Å². The molecule has 0 N–H and O–H groups in total. The highest BCUT2D eigenvalue weighted by molar-refractivity contribution is 5.96. The average Bonchev–Trinajstić information content (AvgIpc) is 2.43. The van der Waals surface area contributed by atoms with Crippen LogP contribution in [-0.2, 0) is 9.53 Å². The van der Waals surface area contributed by atoms with E-state index < -0.39 is 5.97 Å². The summed E-state index contributed by atoms with van der Waals surface area (Å²) in [6, 6.07) is 6.82. The molecule has 0 saturated carbocycles. The monoisotopic (exact) mass is 251 g/mol. The number of nitrogens with zero attached hydrogens (tertiary/aromatic N) is 1. The van der Waals surface area contributed by atoms with Crippen LogP contribution in [0.2, 0.25) is 0 Å². The van der Waals surface area contributed by atoms with Crippen LogP contribution in [0.1, 0.15) is 17.3 Å². The molecule has 1 aromatic carbocycles. The quantitative estimate of drug-likeness (QED) is 0.741. The van der Waals surface area contributed by atoms with Crippen LogP contribution in [0.15, 0.2) is 24.3 Å². The van der Waals surface area contributed by atoms with Gasteiger partial charge in [0.15, 0.2) is 0 Å².